The summed E-state index contributed by atoms with van der Waals surface area (Å²) < 4.78 is 5.39. The molecule has 3 heteroatoms. The van der Waals surface area contributed by atoms with Crippen LogP contribution in [0.25, 0.3) is 0 Å². The van der Waals surface area contributed by atoms with Crippen LogP contribution >= 0.6 is 0 Å². The van der Waals surface area contributed by atoms with Crippen molar-refractivity contribution in [3.8, 4) is 5.75 Å². The molecule has 1 aliphatic rings. The van der Waals surface area contributed by atoms with E-state index in [9.17, 15) is 4.79 Å². The third-order valence-corrected chi connectivity index (χ3v) is 3.73. The topological polar surface area (TPSA) is 46.5 Å². The highest BCUT2D eigenvalue weighted by Gasteiger charge is 2.51. The lowest BCUT2D eigenvalue weighted by atomic mass is 9.84. The van der Waals surface area contributed by atoms with Gasteiger partial charge >= 0.3 is 5.97 Å². The van der Waals surface area contributed by atoms with Crippen molar-refractivity contribution in [2.24, 2.45) is 5.92 Å². The minimum absolute atomic E-state index is 0.142. The first kappa shape index (κ1) is 12.0. The first-order valence-electron chi connectivity index (χ1n) is 6.06. The van der Waals surface area contributed by atoms with Gasteiger partial charge in [0.15, 0.2) is 0 Å². The Hall–Kier alpha value is -1.51. The Kier molecular flexibility index (Phi) is 3.09. The molecule has 1 aliphatic carbocycles. The average Bonchev–Trinajstić information content (AvgIpc) is 3.11. The van der Waals surface area contributed by atoms with Gasteiger partial charge in [-0.05, 0) is 37.5 Å². The van der Waals surface area contributed by atoms with Crippen LogP contribution in [0.5, 0.6) is 5.75 Å². The van der Waals surface area contributed by atoms with Crippen molar-refractivity contribution in [1.29, 1.82) is 0 Å². The molecule has 1 fully saturated rings. The second-order valence-corrected chi connectivity index (χ2v) is 4.67. The SMILES string of the molecule is CCOc1ccc(C2(C(C)C(=O)O)CC2)cc1. The number of hydrogen-bond donors (Lipinski definition) is 1. The van der Waals surface area contributed by atoms with Gasteiger partial charge in [-0.3, -0.25) is 4.79 Å². The lowest BCUT2D eigenvalue weighted by molar-refractivity contribution is -0.142. The third-order valence-electron chi connectivity index (χ3n) is 3.73. The first-order chi connectivity index (χ1) is 8.10. The van der Waals surface area contributed by atoms with Crippen molar-refractivity contribution in [3.63, 3.8) is 0 Å². The Balaban J connectivity index is 2.20. The molecule has 1 N–H and O–H groups in total. The third kappa shape index (κ3) is 2.14. The quantitative estimate of drug-likeness (QED) is 0.852. The molecule has 1 aromatic carbocycles. The van der Waals surface area contributed by atoms with E-state index < -0.39 is 5.97 Å². The van der Waals surface area contributed by atoms with Crippen molar-refractivity contribution in [3.05, 3.63) is 29.8 Å². The number of aliphatic carboxylic acids is 1. The Labute approximate surface area is 101 Å². The van der Waals surface area contributed by atoms with Gasteiger partial charge in [0.05, 0.1) is 12.5 Å². The summed E-state index contributed by atoms with van der Waals surface area (Å²) in [5.41, 5.74) is 0.979. The molecular weight excluding hydrogens is 216 g/mol. The molecule has 0 bridgehead atoms. The van der Waals surface area contributed by atoms with Crippen LogP contribution in [0.1, 0.15) is 32.3 Å². The van der Waals surface area contributed by atoms with Crippen LogP contribution in [0, 0.1) is 5.92 Å². The monoisotopic (exact) mass is 234 g/mol. The largest absolute Gasteiger partial charge is 0.494 e. The van der Waals surface area contributed by atoms with Crippen LogP contribution in [0.2, 0.25) is 0 Å². The number of benzene rings is 1. The Morgan fingerprint density at radius 1 is 1.41 bits per heavy atom. The normalized spacial score (nSPS) is 18.5. The molecule has 2 rings (SSSR count). The predicted octanol–water partition coefficient (Wildman–Crippen LogP) is 2.84. The summed E-state index contributed by atoms with van der Waals surface area (Å²) in [7, 11) is 0. The first-order valence-corrected chi connectivity index (χ1v) is 6.06. The van der Waals surface area contributed by atoms with E-state index in [4.69, 9.17) is 9.84 Å². The van der Waals surface area contributed by atoms with Gasteiger partial charge in [-0.1, -0.05) is 19.1 Å². The number of carbonyl (C=O) groups is 1. The molecule has 92 valence electrons. The molecule has 0 spiro atoms. The fraction of sp³-hybridized carbons (Fsp3) is 0.500. The lowest BCUT2D eigenvalue weighted by Crippen LogP contribution is -2.25. The second-order valence-electron chi connectivity index (χ2n) is 4.67. The van der Waals surface area contributed by atoms with E-state index in [0.29, 0.717) is 6.61 Å². The van der Waals surface area contributed by atoms with Crippen LogP contribution in [0.4, 0.5) is 0 Å². The molecule has 1 atom stereocenters. The summed E-state index contributed by atoms with van der Waals surface area (Å²) in [6, 6.07) is 7.84. The van der Waals surface area contributed by atoms with Gasteiger partial charge in [-0.2, -0.15) is 0 Å². The van der Waals surface area contributed by atoms with Gasteiger partial charge in [0, 0.05) is 5.41 Å². The maximum Gasteiger partial charge on any atom is 0.307 e. The maximum absolute atomic E-state index is 11.1. The highest BCUT2D eigenvalue weighted by atomic mass is 16.5. The minimum Gasteiger partial charge on any atom is -0.494 e. The number of carboxylic acids is 1. The van der Waals surface area contributed by atoms with E-state index in [1.807, 2.05) is 31.2 Å². The summed E-state index contributed by atoms with van der Waals surface area (Å²) in [4.78, 5) is 11.1. The van der Waals surface area contributed by atoms with E-state index in [2.05, 4.69) is 0 Å². The molecular formula is C14H18O3. The van der Waals surface area contributed by atoms with Gasteiger partial charge in [0.25, 0.3) is 0 Å². The number of carboxylic acid groups (broad SMARTS) is 1. The molecule has 0 saturated heterocycles. The highest BCUT2D eigenvalue weighted by molar-refractivity contribution is 5.73. The zero-order valence-corrected chi connectivity index (χ0v) is 10.3. The van der Waals surface area contributed by atoms with Crippen molar-refractivity contribution >= 4 is 5.97 Å². The fourth-order valence-corrected chi connectivity index (χ4v) is 2.39. The van der Waals surface area contributed by atoms with Crippen molar-refractivity contribution in [2.75, 3.05) is 6.61 Å². The molecule has 1 saturated carbocycles. The minimum atomic E-state index is -0.712. The Morgan fingerprint density at radius 2 is 2.00 bits per heavy atom. The smallest absolute Gasteiger partial charge is 0.307 e. The molecule has 0 amide bonds. The van der Waals surface area contributed by atoms with E-state index in [1.165, 1.54) is 0 Å². The van der Waals surface area contributed by atoms with Gasteiger partial charge < -0.3 is 9.84 Å². The van der Waals surface area contributed by atoms with E-state index in [1.54, 1.807) is 6.92 Å². The molecule has 3 nitrogen and oxygen atoms in total. The van der Waals surface area contributed by atoms with Crippen molar-refractivity contribution in [2.45, 2.75) is 32.1 Å². The average molecular weight is 234 g/mol. The summed E-state index contributed by atoms with van der Waals surface area (Å²) in [5, 5.41) is 9.13. The molecule has 0 radical (unpaired) electrons. The van der Waals surface area contributed by atoms with E-state index in [-0.39, 0.29) is 11.3 Å². The summed E-state index contributed by atoms with van der Waals surface area (Å²) >= 11 is 0. The standard InChI is InChI=1S/C14H18O3/c1-3-17-12-6-4-11(5-7-12)14(8-9-14)10(2)13(15)16/h4-7,10H,3,8-9H2,1-2H3,(H,15,16). The van der Waals surface area contributed by atoms with Gasteiger partial charge in [-0.15, -0.1) is 0 Å². The van der Waals surface area contributed by atoms with Gasteiger partial charge in [0.1, 0.15) is 5.75 Å². The molecule has 0 aliphatic heterocycles. The molecule has 17 heavy (non-hydrogen) atoms. The lowest BCUT2D eigenvalue weighted by Gasteiger charge is -2.20. The Bertz CT molecular complexity index is 404. The molecule has 1 aromatic rings. The zero-order chi connectivity index (χ0) is 12.5. The van der Waals surface area contributed by atoms with Crippen LogP contribution in [0.15, 0.2) is 24.3 Å². The summed E-state index contributed by atoms with van der Waals surface area (Å²) in [5.74, 6) is -0.188. The number of hydrogen-bond acceptors (Lipinski definition) is 2. The van der Waals surface area contributed by atoms with E-state index in [0.717, 1.165) is 24.2 Å². The predicted molar refractivity (Wildman–Crippen MR) is 65.3 cm³/mol. The molecule has 0 heterocycles. The zero-order valence-electron chi connectivity index (χ0n) is 10.3. The summed E-state index contributed by atoms with van der Waals surface area (Å²) in [6.07, 6.45) is 1.93. The van der Waals surface area contributed by atoms with Crippen LogP contribution < -0.4 is 4.74 Å². The van der Waals surface area contributed by atoms with Gasteiger partial charge in [-0.25, -0.2) is 0 Å². The fourth-order valence-electron chi connectivity index (χ4n) is 2.39. The van der Waals surface area contributed by atoms with Crippen LogP contribution in [-0.2, 0) is 10.2 Å². The Morgan fingerprint density at radius 3 is 2.41 bits per heavy atom. The van der Waals surface area contributed by atoms with Crippen LogP contribution in [-0.4, -0.2) is 17.7 Å². The summed E-state index contributed by atoms with van der Waals surface area (Å²) in [6.45, 7) is 4.39. The maximum atomic E-state index is 11.1. The van der Waals surface area contributed by atoms with E-state index >= 15 is 0 Å². The number of rotatable bonds is 5. The number of ether oxygens (including phenoxy) is 1. The van der Waals surface area contributed by atoms with Crippen molar-refractivity contribution in [1.82, 2.24) is 0 Å². The highest BCUT2D eigenvalue weighted by Crippen LogP contribution is 2.54. The van der Waals surface area contributed by atoms with Crippen molar-refractivity contribution < 1.29 is 14.6 Å². The van der Waals surface area contributed by atoms with Gasteiger partial charge in [0.2, 0.25) is 0 Å². The molecule has 1 unspecified atom stereocenters. The van der Waals surface area contributed by atoms with Crippen LogP contribution in [0.3, 0.4) is 0 Å². The second kappa shape index (κ2) is 4.40. The molecule has 0 aromatic heterocycles.